The molecule has 2 unspecified atom stereocenters. The fourth-order valence-corrected chi connectivity index (χ4v) is 2.07. The van der Waals surface area contributed by atoms with Crippen molar-refractivity contribution < 1.29 is 0 Å². The van der Waals surface area contributed by atoms with Crippen molar-refractivity contribution in [1.82, 2.24) is 10.3 Å². The number of hydrogen-bond donors (Lipinski definition) is 2. The van der Waals surface area contributed by atoms with Gasteiger partial charge in [0.05, 0.1) is 5.56 Å². The van der Waals surface area contributed by atoms with Crippen LogP contribution >= 0.6 is 0 Å². The third-order valence-corrected chi connectivity index (χ3v) is 2.89. The SMILES string of the molecule is CC1CC(Nc2ncccc2C#N)CCN1. The van der Waals surface area contributed by atoms with E-state index in [0.717, 1.165) is 19.4 Å². The van der Waals surface area contributed by atoms with Crippen molar-refractivity contribution in [3.63, 3.8) is 0 Å². The van der Waals surface area contributed by atoms with Gasteiger partial charge in [0.25, 0.3) is 0 Å². The van der Waals surface area contributed by atoms with Gasteiger partial charge in [0.15, 0.2) is 0 Å². The van der Waals surface area contributed by atoms with E-state index >= 15 is 0 Å². The summed E-state index contributed by atoms with van der Waals surface area (Å²) in [5.74, 6) is 0.712. The number of pyridine rings is 1. The molecule has 0 saturated carbocycles. The van der Waals surface area contributed by atoms with Gasteiger partial charge in [-0.2, -0.15) is 5.26 Å². The lowest BCUT2D eigenvalue weighted by molar-refractivity contribution is 0.396. The molecule has 1 fully saturated rings. The first-order valence-corrected chi connectivity index (χ1v) is 5.64. The van der Waals surface area contributed by atoms with E-state index in [1.807, 2.05) is 0 Å². The van der Waals surface area contributed by atoms with E-state index in [0.29, 0.717) is 23.5 Å². The molecule has 2 atom stereocenters. The summed E-state index contributed by atoms with van der Waals surface area (Å²) in [7, 11) is 0. The highest BCUT2D eigenvalue weighted by molar-refractivity contribution is 5.51. The Kier molecular flexibility index (Phi) is 3.37. The number of aromatic nitrogens is 1. The quantitative estimate of drug-likeness (QED) is 0.786. The lowest BCUT2D eigenvalue weighted by Gasteiger charge is -2.29. The molecule has 0 spiro atoms. The zero-order valence-electron chi connectivity index (χ0n) is 9.40. The van der Waals surface area contributed by atoms with Gasteiger partial charge < -0.3 is 10.6 Å². The largest absolute Gasteiger partial charge is 0.366 e. The summed E-state index contributed by atoms with van der Waals surface area (Å²) in [5, 5.41) is 15.7. The first kappa shape index (κ1) is 10.9. The van der Waals surface area contributed by atoms with Gasteiger partial charge in [0.1, 0.15) is 11.9 Å². The highest BCUT2D eigenvalue weighted by atomic mass is 15.0. The fourth-order valence-electron chi connectivity index (χ4n) is 2.07. The Hall–Kier alpha value is -1.60. The highest BCUT2D eigenvalue weighted by Crippen LogP contribution is 2.16. The van der Waals surface area contributed by atoms with Crippen LogP contribution in [-0.4, -0.2) is 23.6 Å². The van der Waals surface area contributed by atoms with Crippen molar-refractivity contribution in [2.24, 2.45) is 0 Å². The number of nitriles is 1. The van der Waals surface area contributed by atoms with Gasteiger partial charge in [-0.3, -0.25) is 0 Å². The lowest BCUT2D eigenvalue weighted by Crippen LogP contribution is -2.41. The Bertz CT molecular complexity index is 396. The molecule has 1 aliphatic heterocycles. The van der Waals surface area contributed by atoms with Crippen LogP contribution in [0.2, 0.25) is 0 Å². The van der Waals surface area contributed by atoms with Gasteiger partial charge in [0, 0.05) is 18.3 Å². The maximum Gasteiger partial charge on any atom is 0.144 e. The van der Waals surface area contributed by atoms with Crippen molar-refractivity contribution >= 4 is 5.82 Å². The second kappa shape index (κ2) is 4.95. The molecule has 0 bridgehead atoms. The Balaban J connectivity index is 2.06. The lowest BCUT2D eigenvalue weighted by atomic mass is 10.0. The van der Waals surface area contributed by atoms with Crippen molar-refractivity contribution in [1.29, 1.82) is 5.26 Å². The van der Waals surface area contributed by atoms with E-state index in [-0.39, 0.29) is 0 Å². The van der Waals surface area contributed by atoms with E-state index in [1.54, 1.807) is 18.3 Å². The molecule has 16 heavy (non-hydrogen) atoms. The predicted octanol–water partition coefficient (Wildman–Crippen LogP) is 1.51. The molecule has 0 amide bonds. The molecule has 0 radical (unpaired) electrons. The summed E-state index contributed by atoms with van der Waals surface area (Å²) in [6.07, 6.45) is 3.86. The van der Waals surface area contributed by atoms with Gasteiger partial charge in [-0.15, -0.1) is 0 Å². The zero-order valence-corrected chi connectivity index (χ0v) is 9.40. The minimum Gasteiger partial charge on any atom is -0.366 e. The van der Waals surface area contributed by atoms with Crippen LogP contribution in [0.3, 0.4) is 0 Å². The zero-order chi connectivity index (χ0) is 11.4. The Morgan fingerprint density at radius 1 is 1.62 bits per heavy atom. The summed E-state index contributed by atoms with van der Waals surface area (Å²) in [4.78, 5) is 4.21. The van der Waals surface area contributed by atoms with Crippen molar-refractivity contribution in [3.05, 3.63) is 23.9 Å². The first-order valence-electron chi connectivity index (χ1n) is 5.64. The number of rotatable bonds is 2. The maximum atomic E-state index is 8.96. The molecule has 0 aromatic carbocycles. The molecule has 84 valence electrons. The van der Waals surface area contributed by atoms with Gasteiger partial charge in [-0.05, 0) is 38.4 Å². The van der Waals surface area contributed by atoms with Crippen LogP contribution in [0.1, 0.15) is 25.3 Å². The number of nitrogens with zero attached hydrogens (tertiary/aromatic N) is 2. The number of hydrogen-bond acceptors (Lipinski definition) is 4. The van der Waals surface area contributed by atoms with E-state index in [1.165, 1.54) is 0 Å². The van der Waals surface area contributed by atoms with Crippen LogP contribution in [0.4, 0.5) is 5.82 Å². The molecule has 1 aromatic rings. The van der Waals surface area contributed by atoms with Gasteiger partial charge in [0.2, 0.25) is 0 Å². The van der Waals surface area contributed by atoms with Gasteiger partial charge >= 0.3 is 0 Å². The van der Waals surface area contributed by atoms with Crippen LogP contribution in [0, 0.1) is 11.3 Å². The number of piperidine rings is 1. The van der Waals surface area contributed by atoms with E-state index in [4.69, 9.17) is 5.26 Å². The van der Waals surface area contributed by atoms with Crippen LogP contribution in [0.5, 0.6) is 0 Å². The minimum absolute atomic E-state index is 0.415. The molecule has 1 aromatic heterocycles. The van der Waals surface area contributed by atoms with Crippen LogP contribution in [0.25, 0.3) is 0 Å². The molecule has 0 aliphatic carbocycles. The summed E-state index contributed by atoms with van der Waals surface area (Å²) in [6, 6.07) is 6.68. The molecule has 4 heteroatoms. The van der Waals surface area contributed by atoms with E-state index in [2.05, 4.69) is 28.6 Å². The predicted molar refractivity (Wildman–Crippen MR) is 63.1 cm³/mol. The fraction of sp³-hybridized carbons (Fsp3) is 0.500. The molecule has 2 rings (SSSR count). The van der Waals surface area contributed by atoms with Crippen molar-refractivity contribution in [2.45, 2.75) is 31.8 Å². The third kappa shape index (κ3) is 2.50. The third-order valence-electron chi connectivity index (χ3n) is 2.89. The highest BCUT2D eigenvalue weighted by Gasteiger charge is 2.19. The summed E-state index contributed by atoms with van der Waals surface area (Å²) >= 11 is 0. The molecule has 1 saturated heterocycles. The Labute approximate surface area is 95.7 Å². The summed E-state index contributed by atoms with van der Waals surface area (Å²) < 4.78 is 0. The van der Waals surface area contributed by atoms with Gasteiger partial charge in [-0.1, -0.05) is 0 Å². The van der Waals surface area contributed by atoms with Crippen LogP contribution < -0.4 is 10.6 Å². The molecule has 1 aliphatic rings. The monoisotopic (exact) mass is 216 g/mol. The van der Waals surface area contributed by atoms with Crippen molar-refractivity contribution in [2.75, 3.05) is 11.9 Å². The average molecular weight is 216 g/mol. The van der Waals surface area contributed by atoms with Crippen LogP contribution in [0.15, 0.2) is 18.3 Å². The summed E-state index contributed by atoms with van der Waals surface area (Å²) in [6.45, 7) is 3.20. The minimum atomic E-state index is 0.415. The molecule has 2 N–H and O–H groups in total. The molecule has 2 heterocycles. The Morgan fingerprint density at radius 3 is 3.25 bits per heavy atom. The normalized spacial score (nSPS) is 24.8. The number of anilines is 1. The first-order chi connectivity index (χ1) is 7.79. The number of nitrogens with one attached hydrogen (secondary N) is 2. The smallest absolute Gasteiger partial charge is 0.144 e. The average Bonchev–Trinajstić information content (AvgIpc) is 2.30. The maximum absolute atomic E-state index is 8.96. The Morgan fingerprint density at radius 2 is 2.50 bits per heavy atom. The molecule has 4 nitrogen and oxygen atoms in total. The van der Waals surface area contributed by atoms with Crippen molar-refractivity contribution in [3.8, 4) is 6.07 Å². The second-order valence-electron chi connectivity index (χ2n) is 4.23. The van der Waals surface area contributed by atoms with E-state index < -0.39 is 0 Å². The van der Waals surface area contributed by atoms with Crippen LogP contribution in [-0.2, 0) is 0 Å². The molecular formula is C12H16N4. The van der Waals surface area contributed by atoms with Gasteiger partial charge in [-0.25, -0.2) is 4.98 Å². The topological polar surface area (TPSA) is 60.7 Å². The summed E-state index contributed by atoms with van der Waals surface area (Å²) in [5.41, 5.74) is 0.619. The molecular weight excluding hydrogens is 200 g/mol. The van der Waals surface area contributed by atoms with E-state index in [9.17, 15) is 0 Å². The second-order valence-corrected chi connectivity index (χ2v) is 4.23. The standard InChI is InChI=1S/C12H16N4/c1-9-7-11(4-6-14-9)16-12-10(8-13)3-2-5-15-12/h2-3,5,9,11,14H,4,6-7H2,1H3,(H,15,16).